The maximum Gasteiger partial charge on any atom is 0.287 e. The van der Waals surface area contributed by atoms with Crippen LogP contribution in [0.3, 0.4) is 0 Å². The Morgan fingerprint density at radius 2 is 1.90 bits per heavy atom. The number of benzene rings is 1. The van der Waals surface area contributed by atoms with Crippen LogP contribution in [0.2, 0.25) is 0 Å². The topological polar surface area (TPSA) is 24.6 Å². The van der Waals surface area contributed by atoms with E-state index in [0.29, 0.717) is 0 Å². The summed E-state index contributed by atoms with van der Waals surface area (Å²) in [6.07, 6.45) is 10.2. The van der Waals surface area contributed by atoms with Crippen LogP contribution in [0.5, 0.6) is 5.75 Å². The van der Waals surface area contributed by atoms with Crippen molar-refractivity contribution in [3.8, 4) is 5.75 Å². The Hall–Kier alpha value is -1.16. The molecule has 4 heteroatoms. The lowest BCUT2D eigenvalue weighted by atomic mass is 10.2. The normalized spacial score (nSPS) is 17.3. The Morgan fingerprint density at radius 3 is 2.55 bits per heavy atom. The summed E-state index contributed by atoms with van der Waals surface area (Å²) in [7, 11) is 0. The summed E-state index contributed by atoms with van der Waals surface area (Å²) in [5.74, 6) is 0.941. The van der Waals surface area contributed by atoms with E-state index in [1.165, 1.54) is 25.7 Å². The molecule has 1 aromatic rings. The van der Waals surface area contributed by atoms with Gasteiger partial charge in [-0.3, -0.25) is 0 Å². The van der Waals surface area contributed by atoms with Crippen molar-refractivity contribution in [2.24, 2.45) is 4.99 Å². The maximum atomic E-state index is 5.75. The number of hydrogen-bond acceptors (Lipinski definition) is 2. The molecule has 0 aromatic heterocycles. The predicted molar refractivity (Wildman–Crippen MR) is 87.9 cm³/mol. The molecule has 1 aliphatic heterocycles. The van der Waals surface area contributed by atoms with E-state index in [9.17, 15) is 0 Å². The van der Waals surface area contributed by atoms with Gasteiger partial charge in [0.2, 0.25) is 4.95 Å². The zero-order valence-electron chi connectivity index (χ0n) is 12.0. The minimum absolute atomic E-state index is 0.0848. The van der Waals surface area contributed by atoms with Crippen molar-refractivity contribution in [2.45, 2.75) is 44.0 Å². The minimum Gasteiger partial charge on any atom is -0.494 e. The summed E-state index contributed by atoms with van der Waals surface area (Å²) in [6.45, 7) is 3.04. The molecule has 0 aliphatic carbocycles. The van der Waals surface area contributed by atoms with Gasteiger partial charge in [-0.1, -0.05) is 37.6 Å². The molecule has 2 rings (SSSR count). The highest BCUT2D eigenvalue weighted by atomic mass is 79.9. The second-order valence-corrected chi connectivity index (χ2v) is 5.89. The van der Waals surface area contributed by atoms with Gasteiger partial charge >= 0.3 is 0 Å². The maximum absolute atomic E-state index is 5.75. The van der Waals surface area contributed by atoms with Gasteiger partial charge in [0, 0.05) is 0 Å². The van der Waals surface area contributed by atoms with E-state index in [2.05, 4.69) is 40.0 Å². The van der Waals surface area contributed by atoms with Gasteiger partial charge in [-0.25, -0.2) is 4.58 Å². The molecule has 0 radical (unpaired) electrons. The second kappa shape index (κ2) is 8.20. The molecule has 3 nitrogen and oxygen atoms in total. The molecule has 0 saturated carbocycles. The van der Waals surface area contributed by atoms with Gasteiger partial charge in [-0.15, -0.1) is 0 Å². The van der Waals surface area contributed by atoms with E-state index in [0.717, 1.165) is 24.5 Å². The Labute approximate surface area is 129 Å². The summed E-state index contributed by atoms with van der Waals surface area (Å²) in [4.78, 5) is 4.32. The molecule has 0 fully saturated rings. The molecule has 0 saturated heterocycles. The number of hydrogen-bond donors (Lipinski definition) is 0. The van der Waals surface area contributed by atoms with Gasteiger partial charge in [0.05, 0.1) is 6.61 Å². The van der Waals surface area contributed by atoms with E-state index in [4.69, 9.17) is 4.74 Å². The second-order valence-electron chi connectivity index (χ2n) is 4.95. The van der Waals surface area contributed by atoms with E-state index in [-0.39, 0.29) is 4.95 Å². The lowest BCUT2D eigenvalue weighted by molar-refractivity contribution is -0.285. The van der Waals surface area contributed by atoms with Gasteiger partial charge in [0.1, 0.15) is 17.7 Å². The average molecular weight is 338 g/mol. The lowest BCUT2D eigenvalue weighted by Gasteiger charge is -2.06. The number of unbranched alkanes of at least 4 members (excludes halogenated alkanes) is 4. The smallest absolute Gasteiger partial charge is 0.287 e. The van der Waals surface area contributed by atoms with Gasteiger partial charge in [-0.05, 0) is 46.6 Å². The molecule has 1 atom stereocenters. The molecule has 0 bridgehead atoms. The van der Waals surface area contributed by atoms with E-state index >= 15 is 0 Å². The molecular weight excluding hydrogens is 316 g/mol. The predicted octanol–water partition coefficient (Wildman–Crippen LogP) is 4.51. The molecule has 1 unspecified atom stereocenters. The van der Waals surface area contributed by atoms with Crippen molar-refractivity contribution < 1.29 is 9.31 Å². The lowest BCUT2D eigenvalue weighted by Crippen LogP contribution is -2.01. The quantitative estimate of drug-likeness (QED) is 0.296. The largest absolute Gasteiger partial charge is 0.494 e. The first-order chi connectivity index (χ1) is 9.79. The van der Waals surface area contributed by atoms with Crippen LogP contribution in [-0.4, -0.2) is 28.7 Å². The van der Waals surface area contributed by atoms with Crippen LogP contribution in [0.1, 0.15) is 39.0 Å². The fraction of sp³-hybridized carbons (Fsp3) is 0.500. The highest BCUT2D eigenvalue weighted by Crippen LogP contribution is 2.19. The Balaban J connectivity index is 1.75. The zero-order chi connectivity index (χ0) is 14.2. The standard InChI is InChI=1S/C16H22BrN2O/c1-2-3-4-5-6-11-20-15-9-7-14(8-10-15)19-12-16(17)18-13-19/h7-10,12-13,16H,2-6,11H2,1H3/q+1. The summed E-state index contributed by atoms with van der Waals surface area (Å²) in [6, 6.07) is 8.15. The Kier molecular flexibility index (Phi) is 6.25. The molecule has 1 aromatic carbocycles. The van der Waals surface area contributed by atoms with Crippen LogP contribution in [0.25, 0.3) is 0 Å². The fourth-order valence-corrected chi connectivity index (χ4v) is 2.47. The molecule has 108 valence electrons. The summed E-state index contributed by atoms with van der Waals surface area (Å²) in [5, 5.41) is 0. The number of alkyl halides is 1. The van der Waals surface area contributed by atoms with E-state index in [1.807, 2.05) is 29.3 Å². The first-order valence-electron chi connectivity index (χ1n) is 7.33. The van der Waals surface area contributed by atoms with Crippen LogP contribution in [0, 0.1) is 0 Å². The third-order valence-corrected chi connectivity index (χ3v) is 3.74. The average Bonchev–Trinajstić information content (AvgIpc) is 2.90. The summed E-state index contributed by atoms with van der Waals surface area (Å²) >= 11 is 3.43. The molecule has 1 heterocycles. The van der Waals surface area contributed by atoms with E-state index < -0.39 is 0 Å². The first kappa shape index (κ1) is 15.2. The van der Waals surface area contributed by atoms with Crippen molar-refractivity contribution in [1.29, 1.82) is 0 Å². The third kappa shape index (κ3) is 4.75. The molecular formula is C16H22BrN2O+. The summed E-state index contributed by atoms with van der Waals surface area (Å²) in [5.41, 5.74) is 1.10. The molecule has 0 spiro atoms. The third-order valence-electron chi connectivity index (χ3n) is 3.27. The fourth-order valence-electron chi connectivity index (χ4n) is 2.11. The van der Waals surface area contributed by atoms with Crippen molar-refractivity contribution in [2.75, 3.05) is 6.61 Å². The van der Waals surface area contributed by atoms with Crippen molar-refractivity contribution in [1.82, 2.24) is 0 Å². The minimum atomic E-state index is 0.0848. The summed E-state index contributed by atoms with van der Waals surface area (Å²) < 4.78 is 7.76. The number of aliphatic imine (C=N–C) groups is 1. The highest BCUT2D eigenvalue weighted by Gasteiger charge is 2.16. The van der Waals surface area contributed by atoms with Gasteiger partial charge < -0.3 is 4.74 Å². The Morgan fingerprint density at radius 1 is 1.15 bits per heavy atom. The molecule has 0 amide bonds. The van der Waals surface area contributed by atoms with Crippen LogP contribution >= 0.6 is 15.9 Å². The molecule has 1 aliphatic rings. The van der Waals surface area contributed by atoms with Crippen LogP contribution < -0.4 is 4.74 Å². The number of ether oxygens (including phenoxy) is 1. The van der Waals surface area contributed by atoms with Gasteiger partial charge in [-0.2, -0.15) is 0 Å². The molecule has 20 heavy (non-hydrogen) atoms. The van der Waals surface area contributed by atoms with Crippen LogP contribution in [-0.2, 0) is 0 Å². The van der Waals surface area contributed by atoms with Crippen LogP contribution in [0.15, 0.2) is 29.3 Å². The van der Waals surface area contributed by atoms with Crippen molar-refractivity contribution in [3.05, 3.63) is 24.3 Å². The van der Waals surface area contributed by atoms with Gasteiger partial charge in [0.15, 0.2) is 0 Å². The first-order valence-corrected chi connectivity index (χ1v) is 8.24. The monoisotopic (exact) mass is 337 g/mol. The molecule has 0 N–H and O–H groups in total. The SMILES string of the molecule is CCCCCCCOc1ccc([N+]2=CC(Br)N=C2)cc1. The van der Waals surface area contributed by atoms with Gasteiger partial charge in [0.25, 0.3) is 6.34 Å². The Bertz CT molecular complexity index is 468. The number of halogens is 1. The van der Waals surface area contributed by atoms with Crippen molar-refractivity contribution in [3.63, 3.8) is 0 Å². The number of nitrogens with zero attached hydrogens (tertiary/aromatic N) is 2. The zero-order valence-corrected chi connectivity index (χ0v) is 13.6. The van der Waals surface area contributed by atoms with E-state index in [1.54, 1.807) is 0 Å². The highest BCUT2D eigenvalue weighted by molar-refractivity contribution is 9.09. The number of rotatable bonds is 8. The van der Waals surface area contributed by atoms with Crippen LogP contribution in [0.4, 0.5) is 5.69 Å². The van der Waals surface area contributed by atoms with Crippen molar-refractivity contribution >= 4 is 34.2 Å².